The third-order valence-corrected chi connectivity index (χ3v) is 1.89. The van der Waals surface area contributed by atoms with Gasteiger partial charge in [0.2, 0.25) is 5.91 Å². The number of alkyl halides is 3. The summed E-state index contributed by atoms with van der Waals surface area (Å²) in [5.41, 5.74) is 0. The fourth-order valence-corrected chi connectivity index (χ4v) is 1.22. The van der Waals surface area contributed by atoms with Crippen LogP contribution in [0.1, 0.15) is 6.42 Å². The highest BCUT2D eigenvalue weighted by Crippen LogP contribution is 2.18. The van der Waals surface area contributed by atoms with Crippen LogP contribution < -0.4 is 10.6 Å². The summed E-state index contributed by atoms with van der Waals surface area (Å²) in [6, 6.07) is 0. The molecule has 0 radical (unpaired) electrons. The topological polar surface area (TPSA) is 50.4 Å². The normalized spacial score (nSPS) is 22.5. The van der Waals surface area contributed by atoms with E-state index in [1.165, 1.54) is 0 Å². The lowest BCUT2D eigenvalue weighted by Gasteiger charge is -2.23. The molecule has 1 fully saturated rings. The van der Waals surface area contributed by atoms with Crippen LogP contribution >= 0.6 is 0 Å². The molecule has 88 valence electrons. The second-order valence-electron chi connectivity index (χ2n) is 3.29. The van der Waals surface area contributed by atoms with Gasteiger partial charge < -0.3 is 15.4 Å². The molecule has 1 aliphatic rings. The summed E-state index contributed by atoms with van der Waals surface area (Å²) >= 11 is 0. The number of hydrogen-bond donors (Lipinski definition) is 2. The average Bonchev–Trinajstić information content (AvgIpc) is 2.14. The summed E-state index contributed by atoms with van der Waals surface area (Å²) in [4.78, 5) is 10.8. The third kappa shape index (κ3) is 5.58. The maximum absolute atomic E-state index is 11.8. The van der Waals surface area contributed by atoms with Crippen LogP contribution in [0, 0.1) is 0 Å². The van der Waals surface area contributed by atoms with E-state index < -0.39 is 18.5 Å². The van der Waals surface area contributed by atoms with Gasteiger partial charge in [-0.25, -0.2) is 0 Å². The first-order chi connectivity index (χ1) is 6.97. The quantitative estimate of drug-likeness (QED) is 0.714. The molecule has 15 heavy (non-hydrogen) atoms. The molecule has 0 aromatic carbocycles. The highest BCUT2D eigenvalue weighted by molar-refractivity contribution is 5.76. The van der Waals surface area contributed by atoms with Crippen LogP contribution in [0.4, 0.5) is 13.2 Å². The molecule has 1 unspecified atom stereocenters. The van der Waals surface area contributed by atoms with Crippen LogP contribution in [0.25, 0.3) is 0 Å². The van der Waals surface area contributed by atoms with E-state index in [-0.39, 0.29) is 12.6 Å². The smallest absolute Gasteiger partial charge is 0.374 e. The number of carbonyl (C=O) groups is 1. The maximum Gasteiger partial charge on any atom is 0.397 e. The molecule has 7 heteroatoms. The van der Waals surface area contributed by atoms with E-state index in [0.717, 1.165) is 6.54 Å². The Bertz CT molecular complexity index is 214. The molecule has 0 aliphatic carbocycles. The molecule has 0 aromatic heterocycles. The molecular weight excluding hydrogens is 213 g/mol. The van der Waals surface area contributed by atoms with Gasteiger partial charge >= 0.3 is 6.18 Å². The standard InChI is InChI=1S/C8H13F3N2O2/c9-8(10,11)3-7(14)13-5-6-4-12-1-2-15-6/h6,12H,1-5H2,(H,13,14). The number of hydrogen-bond acceptors (Lipinski definition) is 3. The second kappa shape index (κ2) is 5.32. The van der Waals surface area contributed by atoms with E-state index in [2.05, 4.69) is 10.6 Å². The number of rotatable bonds is 3. The number of halogens is 3. The van der Waals surface area contributed by atoms with Gasteiger partial charge in [-0.05, 0) is 0 Å². The van der Waals surface area contributed by atoms with Gasteiger partial charge in [0, 0.05) is 19.6 Å². The highest BCUT2D eigenvalue weighted by Gasteiger charge is 2.31. The number of carbonyl (C=O) groups excluding carboxylic acids is 1. The molecule has 1 amide bonds. The summed E-state index contributed by atoms with van der Waals surface area (Å²) in [7, 11) is 0. The maximum atomic E-state index is 11.8. The number of nitrogens with one attached hydrogen (secondary N) is 2. The van der Waals surface area contributed by atoms with E-state index >= 15 is 0 Å². The second-order valence-corrected chi connectivity index (χ2v) is 3.29. The van der Waals surface area contributed by atoms with Gasteiger partial charge in [0.05, 0.1) is 12.7 Å². The molecule has 1 atom stereocenters. The zero-order valence-electron chi connectivity index (χ0n) is 8.06. The van der Waals surface area contributed by atoms with Crippen molar-refractivity contribution < 1.29 is 22.7 Å². The van der Waals surface area contributed by atoms with Crippen molar-refractivity contribution >= 4 is 5.91 Å². The molecule has 1 rings (SSSR count). The molecule has 0 aromatic rings. The van der Waals surface area contributed by atoms with Crippen molar-refractivity contribution in [2.45, 2.75) is 18.7 Å². The van der Waals surface area contributed by atoms with Crippen molar-refractivity contribution in [1.29, 1.82) is 0 Å². The molecule has 0 spiro atoms. The molecule has 0 bridgehead atoms. The van der Waals surface area contributed by atoms with Crippen molar-refractivity contribution in [3.63, 3.8) is 0 Å². The van der Waals surface area contributed by atoms with Gasteiger partial charge in [0.1, 0.15) is 6.42 Å². The lowest BCUT2D eigenvalue weighted by atomic mass is 10.3. The average molecular weight is 226 g/mol. The Balaban J connectivity index is 2.15. The minimum atomic E-state index is -4.45. The predicted octanol–water partition coefficient (Wildman–Crippen LogP) is 0.0434. The van der Waals surface area contributed by atoms with Crippen molar-refractivity contribution in [1.82, 2.24) is 10.6 Å². The zero-order chi connectivity index (χ0) is 11.3. The molecule has 1 saturated heterocycles. The van der Waals surface area contributed by atoms with E-state index in [0.29, 0.717) is 13.2 Å². The molecule has 0 saturated carbocycles. The minimum Gasteiger partial charge on any atom is -0.374 e. The van der Waals surface area contributed by atoms with Crippen LogP contribution in [-0.2, 0) is 9.53 Å². The van der Waals surface area contributed by atoms with E-state index in [4.69, 9.17) is 4.74 Å². The highest BCUT2D eigenvalue weighted by atomic mass is 19.4. The largest absolute Gasteiger partial charge is 0.397 e. The fraction of sp³-hybridized carbons (Fsp3) is 0.875. The lowest BCUT2D eigenvalue weighted by Crippen LogP contribution is -2.45. The van der Waals surface area contributed by atoms with Gasteiger partial charge in [-0.3, -0.25) is 4.79 Å². The summed E-state index contributed by atoms with van der Waals surface area (Å²) < 4.78 is 40.5. The van der Waals surface area contributed by atoms with Gasteiger partial charge in [0.25, 0.3) is 0 Å². The van der Waals surface area contributed by atoms with Crippen molar-refractivity contribution in [2.24, 2.45) is 0 Å². The Hall–Kier alpha value is -0.820. The first-order valence-electron chi connectivity index (χ1n) is 4.63. The Morgan fingerprint density at radius 2 is 2.27 bits per heavy atom. The van der Waals surface area contributed by atoms with Gasteiger partial charge in [-0.1, -0.05) is 0 Å². The SMILES string of the molecule is O=C(CC(F)(F)F)NCC1CNCCO1. The summed E-state index contributed by atoms with van der Waals surface area (Å²) in [5, 5.41) is 5.19. The van der Waals surface area contributed by atoms with Gasteiger partial charge in [-0.15, -0.1) is 0 Å². The summed E-state index contributed by atoms with van der Waals surface area (Å²) in [5.74, 6) is -1.02. The Labute approximate surface area is 85.2 Å². The van der Waals surface area contributed by atoms with E-state index in [1.54, 1.807) is 0 Å². The fourth-order valence-electron chi connectivity index (χ4n) is 1.22. The van der Waals surface area contributed by atoms with Crippen LogP contribution in [0.3, 0.4) is 0 Å². The van der Waals surface area contributed by atoms with Gasteiger partial charge in [-0.2, -0.15) is 13.2 Å². The summed E-state index contributed by atoms with van der Waals surface area (Å²) in [6.07, 6.45) is -6.13. The predicted molar refractivity (Wildman–Crippen MR) is 46.3 cm³/mol. The van der Waals surface area contributed by atoms with Crippen LogP contribution in [0.5, 0.6) is 0 Å². The van der Waals surface area contributed by atoms with Gasteiger partial charge in [0.15, 0.2) is 0 Å². The Morgan fingerprint density at radius 1 is 1.53 bits per heavy atom. The molecular formula is C8H13F3N2O2. The Kier molecular flexibility index (Phi) is 4.34. The van der Waals surface area contributed by atoms with E-state index in [9.17, 15) is 18.0 Å². The molecule has 2 N–H and O–H groups in total. The van der Waals surface area contributed by atoms with E-state index in [1.807, 2.05) is 0 Å². The number of ether oxygens (including phenoxy) is 1. The van der Waals surface area contributed by atoms with Crippen LogP contribution in [0.15, 0.2) is 0 Å². The van der Waals surface area contributed by atoms with Crippen LogP contribution in [0.2, 0.25) is 0 Å². The Morgan fingerprint density at radius 3 is 2.80 bits per heavy atom. The first kappa shape index (κ1) is 12.3. The molecule has 4 nitrogen and oxygen atoms in total. The molecule has 1 aliphatic heterocycles. The van der Waals surface area contributed by atoms with Crippen molar-refractivity contribution in [3.05, 3.63) is 0 Å². The lowest BCUT2D eigenvalue weighted by molar-refractivity contribution is -0.154. The van der Waals surface area contributed by atoms with Crippen molar-refractivity contribution in [3.8, 4) is 0 Å². The van der Waals surface area contributed by atoms with Crippen molar-refractivity contribution in [2.75, 3.05) is 26.2 Å². The monoisotopic (exact) mass is 226 g/mol. The third-order valence-electron chi connectivity index (χ3n) is 1.89. The van der Waals surface area contributed by atoms with Crippen LogP contribution in [-0.4, -0.2) is 44.4 Å². The first-order valence-corrected chi connectivity index (χ1v) is 4.63. The zero-order valence-corrected chi connectivity index (χ0v) is 8.06. The number of amides is 1. The summed E-state index contributed by atoms with van der Waals surface area (Å²) in [6.45, 7) is 1.90. The minimum absolute atomic E-state index is 0.113. The molecule has 1 heterocycles. The number of morpholine rings is 1.